The van der Waals surface area contributed by atoms with Crippen LogP contribution < -0.4 is 5.32 Å². The van der Waals surface area contributed by atoms with Crippen molar-refractivity contribution in [1.82, 2.24) is 10.2 Å². The van der Waals surface area contributed by atoms with Crippen LogP contribution in [0.4, 0.5) is 5.13 Å². The Hall–Kier alpha value is -0.893. The van der Waals surface area contributed by atoms with Crippen molar-refractivity contribution in [3.05, 3.63) is 0 Å². The molecule has 0 aliphatic carbocycles. The number of nitrogens with zero attached hydrogens (tertiary/aromatic N) is 2. The molecule has 34 heavy (non-hydrogen) atoms. The predicted molar refractivity (Wildman–Crippen MR) is 139 cm³/mol. The molecule has 196 valence electrons. The lowest BCUT2D eigenvalue weighted by atomic mass is 10.1. The second-order valence-electron chi connectivity index (χ2n) is 8.22. The van der Waals surface area contributed by atoms with E-state index in [0.29, 0.717) is 30.4 Å². The lowest BCUT2D eigenvalue weighted by Crippen LogP contribution is -2.42. The highest BCUT2D eigenvalue weighted by atomic mass is 32.2. The summed E-state index contributed by atoms with van der Waals surface area (Å²) in [6.07, 6.45) is 7.79. The summed E-state index contributed by atoms with van der Waals surface area (Å²) in [6, 6.07) is 0.558. The Morgan fingerprint density at radius 2 is 1.65 bits per heavy atom. The molecule has 1 aromatic heterocycles. The molecular formula is C22H41N3O6S2Si. The zero-order valence-electron chi connectivity index (χ0n) is 21.0. The Morgan fingerprint density at radius 1 is 1.00 bits per heavy atom. The van der Waals surface area contributed by atoms with Crippen molar-refractivity contribution in [1.29, 1.82) is 0 Å². The molecule has 0 saturated carbocycles. The Bertz CT molecular complexity index is 698. The van der Waals surface area contributed by atoms with E-state index in [4.69, 9.17) is 13.3 Å². The van der Waals surface area contributed by atoms with E-state index in [-0.39, 0.29) is 24.5 Å². The fourth-order valence-electron chi connectivity index (χ4n) is 3.38. The van der Waals surface area contributed by atoms with Gasteiger partial charge in [0.2, 0.25) is 5.13 Å². The first-order valence-corrected chi connectivity index (χ1v) is 15.6. The van der Waals surface area contributed by atoms with Gasteiger partial charge in [-0.15, -0.1) is 10.2 Å². The molecule has 0 saturated heterocycles. The van der Waals surface area contributed by atoms with Crippen LogP contribution in [0.1, 0.15) is 71.1 Å². The highest BCUT2D eigenvalue weighted by Gasteiger charge is 2.37. The van der Waals surface area contributed by atoms with Gasteiger partial charge < -0.3 is 28.5 Å². The number of aliphatic hydroxyl groups excluding tert-OH is 1. The summed E-state index contributed by atoms with van der Waals surface area (Å²) < 4.78 is 17.0. The largest absolute Gasteiger partial charge is 0.500 e. The molecule has 1 atom stereocenters. The minimum absolute atomic E-state index is 0.00660. The van der Waals surface area contributed by atoms with E-state index in [0.717, 1.165) is 29.4 Å². The van der Waals surface area contributed by atoms with Crippen LogP contribution in [0, 0.1) is 0 Å². The summed E-state index contributed by atoms with van der Waals surface area (Å²) in [5.41, 5.74) is 0. The number of aliphatic hydroxyl groups is 1. The quantitative estimate of drug-likeness (QED) is 0.126. The summed E-state index contributed by atoms with van der Waals surface area (Å²) in [7, 11) is 2.00. The summed E-state index contributed by atoms with van der Waals surface area (Å²) >= 11 is 3.15. The third kappa shape index (κ3) is 13.9. The summed E-state index contributed by atoms with van der Waals surface area (Å²) in [4.78, 5) is 23.1. The van der Waals surface area contributed by atoms with Crippen LogP contribution in [0.5, 0.6) is 0 Å². The van der Waals surface area contributed by atoms with Crippen molar-refractivity contribution in [2.45, 2.75) is 87.6 Å². The van der Waals surface area contributed by atoms with Gasteiger partial charge in [0.05, 0.1) is 6.10 Å². The lowest BCUT2D eigenvalue weighted by molar-refractivity contribution is -0.121. The molecule has 0 amide bonds. The van der Waals surface area contributed by atoms with Crippen LogP contribution in [-0.4, -0.2) is 75.4 Å². The van der Waals surface area contributed by atoms with Crippen molar-refractivity contribution in [2.24, 2.45) is 0 Å². The SMILES string of the molecule is CO[Si](CCCC(=O)CC(O)CNc1nnc(SCCCCCCCCC(C)=O)s1)(OC)OC. The van der Waals surface area contributed by atoms with Gasteiger partial charge in [0, 0.05) is 58.9 Å². The number of aromatic nitrogens is 2. The first-order valence-electron chi connectivity index (χ1n) is 11.9. The standard InChI is InChI=1S/C22H41N3O6S2Si/c1-18(26)12-9-7-5-6-8-10-14-32-22-25-24-21(33-22)23-17-20(28)16-19(27)13-11-15-34(29-2,30-3)31-4/h20,28H,5-17H2,1-4H3,(H,23,24). The number of nitrogens with one attached hydrogen (secondary N) is 1. The van der Waals surface area contributed by atoms with Crippen LogP contribution in [0.2, 0.25) is 6.04 Å². The maximum absolute atomic E-state index is 12.2. The molecule has 0 spiro atoms. The van der Waals surface area contributed by atoms with Crippen LogP contribution in [0.25, 0.3) is 0 Å². The number of rotatable bonds is 22. The Labute approximate surface area is 213 Å². The zero-order valence-corrected chi connectivity index (χ0v) is 23.6. The van der Waals surface area contributed by atoms with E-state index in [2.05, 4.69) is 15.5 Å². The maximum atomic E-state index is 12.2. The predicted octanol–water partition coefficient (Wildman–Crippen LogP) is 4.34. The number of ketones is 2. The molecule has 0 bridgehead atoms. The summed E-state index contributed by atoms with van der Waals surface area (Å²) in [5.74, 6) is 1.27. The number of Topliss-reactive ketones (excluding diaryl/α,β-unsaturated/α-hetero) is 2. The van der Waals surface area contributed by atoms with Crippen LogP contribution in [0.3, 0.4) is 0 Å². The first kappa shape index (κ1) is 31.1. The molecule has 0 fully saturated rings. The van der Waals surface area contributed by atoms with E-state index in [1.54, 1.807) is 40.0 Å². The van der Waals surface area contributed by atoms with Gasteiger partial charge >= 0.3 is 8.80 Å². The van der Waals surface area contributed by atoms with Crippen LogP contribution in [0.15, 0.2) is 4.34 Å². The van der Waals surface area contributed by atoms with Crippen molar-refractivity contribution in [3.63, 3.8) is 0 Å². The fraction of sp³-hybridized carbons (Fsp3) is 0.818. The smallest absolute Gasteiger partial charge is 0.391 e. The number of carbonyl (C=O) groups is 2. The lowest BCUT2D eigenvalue weighted by Gasteiger charge is -2.24. The second-order valence-corrected chi connectivity index (χ2v) is 13.6. The van der Waals surface area contributed by atoms with E-state index < -0.39 is 14.9 Å². The van der Waals surface area contributed by atoms with Crippen molar-refractivity contribution >= 4 is 48.6 Å². The third-order valence-corrected chi connectivity index (χ3v) is 10.3. The average Bonchev–Trinajstić information content (AvgIpc) is 3.27. The van der Waals surface area contributed by atoms with Gasteiger partial charge in [0.15, 0.2) is 4.34 Å². The molecule has 1 heterocycles. The molecule has 12 heteroatoms. The van der Waals surface area contributed by atoms with Gasteiger partial charge in [-0.2, -0.15) is 0 Å². The third-order valence-electron chi connectivity index (χ3n) is 5.38. The van der Waals surface area contributed by atoms with Crippen LogP contribution in [-0.2, 0) is 22.9 Å². The molecule has 1 unspecified atom stereocenters. The number of anilines is 1. The number of carbonyl (C=O) groups excluding carboxylic acids is 2. The molecule has 1 aromatic rings. The van der Waals surface area contributed by atoms with Crippen molar-refractivity contribution in [2.75, 3.05) is 38.9 Å². The minimum atomic E-state index is -2.66. The monoisotopic (exact) mass is 535 g/mol. The van der Waals surface area contributed by atoms with Gasteiger partial charge in [-0.3, -0.25) is 4.79 Å². The average molecular weight is 536 g/mol. The zero-order chi connectivity index (χ0) is 25.2. The Morgan fingerprint density at radius 3 is 2.29 bits per heavy atom. The maximum Gasteiger partial charge on any atom is 0.500 e. The first-order chi connectivity index (χ1) is 16.3. The van der Waals surface area contributed by atoms with Gasteiger partial charge in [0.25, 0.3) is 0 Å². The Kier molecular flexibility index (Phi) is 16.8. The molecule has 0 radical (unpaired) electrons. The molecule has 0 aliphatic rings. The van der Waals surface area contributed by atoms with Gasteiger partial charge in [-0.25, -0.2) is 0 Å². The fourth-order valence-corrected chi connectivity index (χ4v) is 6.93. The number of hydrogen-bond acceptors (Lipinski definition) is 11. The molecule has 9 nitrogen and oxygen atoms in total. The van der Waals surface area contributed by atoms with Crippen molar-refractivity contribution < 1.29 is 28.0 Å². The number of unbranched alkanes of at least 4 members (excludes halogenated alkanes) is 5. The molecule has 2 N–H and O–H groups in total. The van der Waals surface area contributed by atoms with Gasteiger partial charge in [-0.1, -0.05) is 48.8 Å². The normalized spacial score (nSPS) is 12.6. The summed E-state index contributed by atoms with van der Waals surface area (Å²) in [6.45, 7) is 1.90. The van der Waals surface area contributed by atoms with E-state index in [1.807, 2.05) is 0 Å². The molecule has 0 aliphatic heterocycles. The van der Waals surface area contributed by atoms with E-state index in [1.165, 1.54) is 30.6 Å². The minimum Gasteiger partial charge on any atom is -0.391 e. The van der Waals surface area contributed by atoms with E-state index >= 15 is 0 Å². The molecule has 1 rings (SSSR count). The van der Waals surface area contributed by atoms with Crippen LogP contribution >= 0.6 is 23.1 Å². The van der Waals surface area contributed by atoms with Gasteiger partial charge in [0.1, 0.15) is 11.6 Å². The Balaban J connectivity index is 2.14. The second kappa shape index (κ2) is 18.4. The number of thioether (sulfide) groups is 1. The highest BCUT2D eigenvalue weighted by Crippen LogP contribution is 2.26. The summed E-state index contributed by atoms with van der Waals surface area (Å²) in [5, 5.41) is 22.2. The topological polar surface area (TPSA) is 120 Å². The van der Waals surface area contributed by atoms with Crippen molar-refractivity contribution in [3.8, 4) is 0 Å². The highest BCUT2D eigenvalue weighted by molar-refractivity contribution is 8.01. The molecular weight excluding hydrogens is 494 g/mol. The van der Waals surface area contributed by atoms with E-state index in [9.17, 15) is 14.7 Å². The molecule has 0 aromatic carbocycles. The number of hydrogen-bond donors (Lipinski definition) is 2. The van der Waals surface area contributed by atoms with Gasteiger partial charge in [-0.05, 0) is 26.2 Å².